The molecule has 0 aliphatic carbocycles. The van der Waals surface area contributed by atoms with Gasteiger partial charge in [0.15, 0.2) is 5.78 Å². The van der Waals surface area contributed by atoms with E-state index in [9.17, 15) is 9.59 Å². The molecule has 3 nitrogen and oxygen atoms in total. The van der Waals surface area contributed by atoms with Crippen LogP contribution < -0.4 is 5.56 Å². The normalized spacial score (nSPS) is 10.3. The highest BCUT2D eigenvalue weighted by Gasteiger charge is 2.11. The van der Waals surface area contributed by atoms with Gasteiger partial charge in [0, 0.05) is 23.7 Å². The van der Waals surface area contributed by atoms with Crippen LogP contribution in [0, 0.1) is 0 Å². The van der Waals surface area contributed by atoms with E-state index < -0.39 is 0 Å². The van der Waals surface area contributed by atoms with Crippen molar-refractivity contribution < 1.29 is 4.79 Å². The summed E-state index contributed by atoms with van der Waals surface area (Å²) in [5.74, 6) is -0.0728. The van der Waals surface area contributed by atoms with Crippen molar-refractivity contribution in [1.29, 1.82) is 0 Å². The average molecular weight is 233 g/mol. The second kappa shape index (κ2) is 4.45. The lowest BCUT2D eigenvalue weighted by atomic mass is 10.0. The van der Waals surface area contributed by atoms with Crippen molar-refractivity contribution in [2.75, 3.05) is 0 Å². The molecule has 0 saturated carbocycles. The molecule has 0 amide bonds. The number of carbonyl (C=O) groups excluding carboxylic acids is 1. The van der Waals surface area contributed by atoms with E-state index in [1.54, 1.807) is 17.4 Å². The van der Waals surface area contributed by atoms with E-state index in [-0.39, 0.29) is 11.3 Å². The Labute approximate surface area is 96.8 Å². The molecule has 2 rings (SSSR count). The number of thiophene rings is 1. The van der Waals surface area contributed by atoms with Crippen LogP contribution in [0.25, 0.3) is 0 Å². The molecule has 2 heterocycles. The second-order valence-electron chi connectivity index (χ2n) is 3.56. The maximum absolute atomic E-state index is 11.7. The van der Waals surface area contributed by atoms with Gasteiger partial charge in [0.1, 0.15) is 0 Å². The Morgan fingerprint density at radius 3 is 2.88 bits per heavy atom. The van der Waals surface area contributed by atoms with Gasteiger partial charge >= 0.3 is 0 Å². The summed E-state index contributed by atoms with van der Waals surface area (Å²) in [7, 11) is 0. The largest absolute Gasteiger partial charge is 0.329 e. The predicted octanol–water partition coefficient (Wildman–Crippen LogP) is 2.23. The predicted molar refractivity (Wildman–Crippen MR) is 64.2 cm³/mol. The molecule has 0 saturated heterocycles. The second-order valence-corrected chi connectivity index (χ2v) is 4.34. The highest BCUT2D eigenvalue weighted by molar-refractivity contribution is 7.07. The standard InChI is InChI=1S/C12H11NO2S/c1-8(14)10-2-4-13-12(15)11(10)6-9-3-5-16-7-9/h2-5,7H,6H2,1H3,(H,13,15). The summed E-state index contributed by atoms with van der Waals surface area (Å²) >= 11 is 1.58. The van der Waals surface area contributed by atoms with E-state index in [4.69, 9.17) is 0 Å². The van der Waals surface area contributed by atoms with Crippen LogP contribution in [-0.2, 0) is 6.42 Å². The van der Waals surface area contributed by atoms with Crippen molar-refractivity contribution in [3.8, 4) is 0 Å². The number of carbonyl (C=O) groups is 1. The first-order valence-electron chi connectivity index (χ1n) is 4.91. The van der Waals surface area contributed by atoms with Crippen molar-refractivity contribution in [2.45, 2.75) is 13.3 Å². The zero-order valence-corrected chi connectivity index (χ0v) is 9.64. The van der Waals surface area contributed by atoms with Crippen molar-refractivity contribution in [3.05, 3.63) is 56.1 Å². The molecule has 0 aliphatic heterocycles. The first-order chi connectivity index (χ1) is 7.68. The van der Waals surface area contributed by atoms with Gasteiger partial charge in [-0.1, -0.05) is 0 Å². The number of hydrogen-bond acceptors (Lipinski definition) is 3. The van der Waals surface area contributed by atoms with E-state index in [1.807, 2.05) is 16.8 Å². The van der Waals surface area contributed by atoms with Gasteiger partial charge in [0.25, 0.3) is 5.56 Å². The summed E-state index contributed by atoms with van der Waals surface area (Å²) in [4.78, 5) is 25.7. The maximum atomic E-state index is 11.7. The molecule has 0 unspecified atom stereocenters. The summed E-state index contributed by atoms with van der Waals surface area (Å²) < 4.78 is 0. The number of Topliss-reactive ketones (excluding diaryl/α,β-unsaturated/α-hetero) is 1. The Hall–Kier alpha value is -1.68. The third-order valence-electron chi connectivity index (χ3n) is 2.40. The van der Waals surface area contributed by atoms with E-state index >= 15 is 0 Å². The Morgan fingerprint density at radius 1 is 1.44 bits per heavy atom. The first-order valence-corrected chi connectivity index (χ1v) is 5.85. The fourth-order valence-corrected chi connectivity index (χ4v) is 2.28. The fraction of sp³-hybridized carbons (Fsp3) is 0.167. The molecular weight excluding hydrogens is 222 g/mol. The number of aromatic nitrogens is 1. The molecule has 1 N–H and O–H groups in total. The van der Waals surface area contributed by atoms with Crippen LogP contribution >= 0.6 is 11.3 Å². The van der Waals surface area contributed by atoms with Crippen molar-refractivity contribution in [3.63, 3.8) is 0 Å². The van der Waals surface area contributed by atoms with Crippen molar-refractivity contribution in [1.82, 2.24) is 4.98 Å². The fourth-order valence-electron chi connectivity index (χ4n) is 1.61. The summed E-state index contributed by atoms with van der Waals surface area (Å²) in [6.45, 7) is 1.48. The molecule has 0 fully saturated rings. The quantitative estimate of drug-likeness (QED) is 0.826. The Kier molecular flexibility index (Phi) is 3.01. The lowest BCUT2D eigenvalue weighted by molar-refractivity contribution is 0.101. The number of nitrogens with one attached hydrogen (secondary N) is 1. The van der Waals surface area contributed by atoms with Crippen LogP contribution in [0.3, 0.4) is 0 Å². The summed E-state index contributed by atoms with van der Waals surface area (Å²) in [6, 6.07) is 3.62. The van der Waals surface area contributed by atoms with Crippen LogP contribution in [0.5, 0.6) is 0 Å². The van der Waals surface area contributed by atoms with E-state index in [1.165, 1.54) is 13.1 Å². The van der Waals surface area contributed by atoms with Gasteiger partial charge < -0.3 is 4.98 Å². The van der Waals surface area contributed by atoms with E-state index in [0.29, 0.717) is 17.5 Å². The number of rotatable bonds is 3. The smallest absolute Gasteiger partial charge is 0.252 e. The molecule has 0 radical (unpaired) electrons. The number of ketones is 1. The number of hydrogen-bond donors (Lipinski definition) is 1. The average Bonchev–Trinajstić information content (AvgIpc) is 2.73. The van der Waals surface area contributed by atoms with Gasteiger partial charge in [-0.2, -0.15) is 11.3 Å². The van der Waals surface area contributed by atoms with Gasteiger partial charge in [-0.05, 0) is 35.4 Å². The monoisotopic (exact) mass is 233 g/mol. The molecule has 0 atom stereocenters. The topological polar surface area (TPSA) is 49.9 Å². The first kappa shape index (κ1) is 10.8. The lowest BCUT2D eigenvalue weighted by Crippen LogP contribution is -2.17. The minimum absolute atomic E-state index is 0.0728. The number of aromatic amines is 1. The van der Waals surface area contributed by atoms with Gasteiger partial charge in [0.2, 0.25) is 0 Å². The van der Waals surface area contributed by atoms with Crippen LogP contribution in [0.4, 0.5) is 0 Å². The SMILES string of the molecule is CC(=O)c1cc[nH]c(=O)c1Cc1ccsc1. The van der Waals surface area contributed by atoms with Gasteiger partial charge in [-0.3, -0.25) is 9.59 Å². The van der Waals surface area contributed by atoms with Crippen molar-refractivity contribution in [2.24, 2.45) is 0 Å². The molecule has 0 aromatic carbocycles. The van der Waals surface area contributed by atoms with E-state index in [2.05, 4.69) is 4.98 Å². The Morgan fingerprint density at radius 2 is 2.25 bits per heavy atom. The molecule has 0 spiro atoms. The highest BCUT2D eigenvalue weighted by atomic mass is 32.1. The van der Waals surface area contributed by atoms with Gasteiger partial charge in [0.05, 0.1) is 0 Å². The minimum atomic E-state index is -0.182. The van der Waals surface area contributed by atoms with Crippen LogP contribution in [0.2, 0.25) is 0 Å². The summed E-state index contributed by atoms with van der Waals surface area (Å²) in [5.41, 5.74) is 1.94. The summed E-state index contributed by atoms with van der Waals surface area (Å²) in [5, 5.41) is 3.94. The molecule has 4 heteroatoms. The highest BCUT2D eigenvalue weighted by Crippen LogP contribution is 2.13. The molecule has 2 aromatic rings. The lowest BCUT2D eigenvalue weighted by Gasteiger charge is -2.03. The van der Waals surface area contributed by atoms with Gasteiger partial charge in [-0.15, -0.1) is 0 Å². The zero-order chi connectivity index (χ0) is 11.5. The molecule has 16 heavy (non-hydrogen) atoms. The van der Waals surface area contributed by atoms with Crippen LogP contribution in [-0.4, -0.2) is 10.8 Å². The number of H-pyrrole nitrogens is 1. The van der Waals surface area contributed by atoms with Crippen LogP contribution in [0.1, 0.15) is 28.4 Å². The summed E-state index contributed by atoms with van der Waals surface area (Å²) in [6.07, 6.45) is 2.02. The van der Waals surface area contributed by atoms with E-state index in [0.717, 1.165) is 5.56 Å². The van der Waals surface area contributed by atoms with Crippen LogP contribution in [0.15, 0.2) is 33.9 Å². The Bertz CT molecular complexity index is 555. The molecule has 0 bridgehead atoms. The Balaban J connectivity index is 2.46. The third-order valence-corrected chi connectivity index (χ3v) is 3.14. The van der Waals surface area contributed by atoms with Gasteiger partial charge in [-0.25, -0.2) is 0 Å². The molecule has 82 valence electrons. The third kappa shape index (κ3) is 2.12. The number of pyridine rings is 1. The maximum Gasteiger partial charge on any atom is 0.252 e. The minimum Gasteiger partial charge on any atom is -0.329 e. The molecular formula is C12H11NO2S. The van der Waals surface area contributed by atoms with Crippen molar-refractivity contribution >= 4 is 17.1 Å². The molecule has 2 aromatic heterocycles. The molecule has 0 aliphatic rings. The zero-order valence-electron chi connectivity index (χ0n) is 8.82.